The molecule has 156 valence electrons. The van der Waals surface area contributed by atoms with Gasteiger partial charge in [0.15, 0.2) is 0 Å². The molecule has 0 heterocycles. The largest absolute Gasteiger partial charge is 0.536 e. The molecule has 1 N–H and O–H groups in total. The fourth-order valence-corrected chi connectivity index (χ4v) is 7.49. The van der Waals surface area contributed by atoms with E-state index in [1.165, 1.54) is 42.7 Å². The average Bonchev–Trinajstić information content (AvgIpc) is 2.68. The molecule has 0 saturated heterocycles. The Morgan fingerprint density at radius 2 is 1.30 bits per heavy atom. The lowest BCUT2D eigenvalue weighted by Gasteiger charge is -2.24. The van der Waals surface area contributed by atoms with Gasteiger partial charge in [-0.25, -0.2) is 8.42 Å². The van der Waals surface area contributed by atoms with Gasteiger partial charge in [0.2, 0.25) is 10.0 Å². The zero-order chi connectivity index (χ0) is 20.6. The highest BCUT2D eigenvalue weighted by atomic mass is 32.2. The van der Waals surface area contributed by atoms with E-state index in [9.17, 15) is 8.42 Å². The SMILES string of the molecule is CO[Si](CCCS(=O)(=O)Nc1ccc([Si](OC)(OC)OC)cc1)(OC)OC. The van der Waals surface area contributed by atoms with Crippen LogP contribution in [0.5, 0.6) is 0 Å². The summed E-state index contributed by atoms with van der Waals surface area (Å²) in [6.07, 6.45) is 0.349. The van der Waals surface area contributed by atoms with Crippen LogP contribution in [0.1, 0.15) is 6.42 Å². The van der Waals surface area contributed by atoms with Gasteiger partial charge in [-0.2, -0.15) is 0 Å². The van der Waals surface area contributed by atoms with Crippen LogP contribution in [0.3, 0.4) is 0 Å². The molecule has 1 aromatic carbocycles. The lowest BCUT2D eigenvalue weighted by Crippen LogP contribution is -2.54. The Balaban J connectivity index is 2.74. The summed E-state index contributed by atoms with van der Waals surface area (Å²) in [7, 11) is -0.217. The van der Waals surface area contributed by atoms with Gasteiger partial charge >= 0.3 is 17.6 Å². The minimum Gasteiger partial charge on any atom is -0.377 e. The molecule has 0 unspecified atom stereocenters. The third-order valence-corrected chi connectivity index (χ3v) is 11.0. The lowest BCUT2D eigenvalue weighted by atomic mass is 10.3. The van der Waals surface area contributed by atoms with Crippen molar-refractivity contribution >= 4 is 38.5 Å². The Hall–Kier alpha value is -0.836. The second kappa shape index (κ2) is 10.6. The second-order valence-electron chi connectivity index (χ2n) is 5.57. The normalized spacial score (nSPS) is 13.0. The number of hydrogen-bond acceptors (Lipinski definition) is 8. The fourth-order valence-electron chi connectivity index (χ4n) is 2.61. The van der Waals surface area contributed by atoms with Gasteiger partial charge in [-0.1, -0.05) is 12.1 Å². The van der Waals surface area contributed by atoms with Crippen LogP contribution in [-0.2, 0) is 36.6 Å². The first-order valence-electron chi connectivity index (χ1n) is 8.18. The van der Waals surface area contributed by atoms with Gasteiger partial charge in [0, 0.05) is 59.6 Å². The van der Waals surface area contributed by atoms with Crippen LogP contribution in [0.4, 0.5) is 5.69 Å². The average molecular weight is 440 g/mol. The van der Waals surface area contributed by atoms with Gasteiger partial charge in [-0.3, -0.25) is 4.72 Å². The van der Waals surface area contributed by atoms with Crippen molar-refractivity contribution in [2.75, 3.05) is 53.1 Å². The number of rotatable bonds is 13. The third-order valence-electron chi connectivity index (χ3n) is 4.15. The number of nitrogens with one attached hydrogen (secondary N) is 1. The van der Waals surface area contributed by atoms with E-state index in [1.54, 1.807) is 24.3 Å². The molecule has 0 atom stereocenters. The Kier molecular flexibility index (Phi) is 9.54. The molecule has 0 bridgehead atoms. The van der Waals surface area contributed by atoms with Crippen molar-refractivity contribution in [3.05, 3.63) is 24.3 Å². The van der Waals surface area contributed by atoms with Crippen LogP contribution in [0.15, 0.2) is 24.3 Å². The molecule has 0 aliphatic rings. The standard InChI is InChI=1S/C15H29NO8SSi2/c1-19-26(20-2,21-3)13-7-12-25(17,18)16-14-8-10-15(11-9-14)27(22-4,23-5)24-6/h8-11,16H,7,12-13H2,1-6H3. The highest BCUT2D eigenvalue weighted by molar-refractivity contribution is 7.92. The summed E-state index contributed by atoms with van der Waals surface area (Å²) in [5.74, 6) is -0.0769. The van der Waals surface area contributed by atoms with Crippen molar-refractivity contribution in [3.8, 4) is 0 Å². The molecule has 0 radical (unpaired) electrons. The second-order valence-corrected chi connectivity index (χ2v) is 13.4. The third kappa shape index (κ3) is 6.34. The van der Waals surface area contributed by atoms with Crippen LogP contribution in [0.2, 0.25) is 6.04 Å². The summed E-state index contributed by atoms with van der Waals surface area (Å²) in [5, 5.41) is 0.731. The summed E-state index contributed by atoms with van der Waals surface area (Å²) in [5.41, 5.74) is 0.443. The molecule has 27 heavy (non-hydrogen) atoms. The van der Waals surface area contributed by atoms with E-state index in [1.807, 2.05) is 0 Å². The van der Waals surface area contributed by atoms with E-state index in [2.05, 4.69) is 4.72 Å². The molecule has 1 rings (SSSR count). The summed E-state index contributed by atoms with van der Waals surface area (Å²) >= 11 is 0. The van der Waals surface area contributed by atoms with Crippen LogP contribution >= 0.6 is 0 Å². The molecule has 0 saturated carbocycles. The minimum atomic E-state index is -3.52. The van der Waals surface area contributed by atoms with Crippen molar-refractivity contribution in [2.45, 2.75) is 12.5 Å². The van der Waals surface area contributed by atoms with E-state index in [-0.39, 0.29) is 5.75 Å². The molecule has 0 aliphatic heterocycles. The Bertz CT molecular complexity index is 646. The first-order valence-corrected chi connectivity index (χ1v) is 13.5. The first kappa shape index (κ1) is 24.2. The van der Waals surface area contributed by atoms with Crippen LogP contribution < -0.4 is 9.91 Å². The number of sulfonamides is 1. The molecule has 12 heteroatoms. The van der Waals surface area contributed by atoms with Crippen molar-refractivity contribution in [2.24, 2.45) is 0 Å². The van der Waals surface area contributed by atoms with Crippen molar-refractivity contribution < 1.29 is 35.0 Å². The van der Waals surface area contributed by atoms with Crippen LogP contribution in [0, 0.1) is 0 Å². The molecule has 9 nitrogen and oxygen atoms in total. The monoisotopic (exact) mass is 439 g/mol. The van der Waals surface area contributed by atoms with Crippen molar-refractivity contribution in [1.82, 2.24) is 0 Å². The predicted octanol–water partition coefficient (Wildman–Crippen LogP) is 0.782. The topological polar surface area (TPSA) is 102 Å². The maximum atomic E-state index is 12.3. The first-order chi connectivity index (χ1) is 12.8. The molecule has 0 spiro atoms. The highest BCUT2D eigenvalue weighted by Gasteiger charge is 2.40. The molecule has 0 aromatic heterocycles. The quantitative estimate of drug-likeness (QED) is 0.450. The predicted molar refractivity (Wildman–Crippen MR) is 106 cm³/mol. The molecule has 0 fully saturated rings. The zero-order valence-corrected chi connectivity index (χ0v) is 19.4. The van der Waals surface area contributed by atoms with Gasteiger partial charge in [0.1, 0.15) is 0 Å². The Morgan fingerprint density at radius 1 is 0.815 bits per heavy atom. The van der Waals surface area contributed by atoms with Gasteiger partial charge in [0.25, 0.3) is 0 Å². The van der Waals surface area contributed by atoms with Crippen LogP contribution in [0.25, 0.3) is 0 Å². The van der Waals surface area contributed by atoms with Gasteiger partial charge in [-0.05, 0) is 18.6 Å². The molecular weight excluding hydrogens is 410 g/mol. The van der Waals surface area contributed by atoms with E-state index in [4.69, 9.17) is 26.6 Å². The number of anilines is 1. The summed E-state index contributed by atoms with van der Waals surface area (Å²) < 4.78 is 59.3. The highest BCUT2D eigenvalue weighted by Crippen LogP contribution is 2.17. The molecule has 1 aromatic rings. The fraction of sp³-hybridized carbons (Fsp3) is 0.600. The smallest absolute Gasteiger partial charge is 0.377 e. The number of hydrogen-bond donors (Lipinski definition) is 1. The molecule has 0 aliphatic carbocycles. The van der Waals surface area contributed by atoms with E-state index in [0.717, 1.165) is 5.19 Å². The Morgan fingerprint density at radius 3 is 1.70 bits per heavy atom. The van der Waals surface area contributed by atoms with Gasteiger partial charge in [0.05, 0.1) is 5.75 Å². The van der Waals surface area contributed by atoms with Gasteiger partial charge in [-0.15, -0.1) is 0 Å². The van der Waals surface area contributed by atoms with E-state index >= 15 is 0 Å². The zero-order valence-electron chi connectivity index (χ0n) is 16.6. The maximum absolute atomic E-state index is 12.3. The van der Waals surface area contributed by atoms with Crippen LogP contribution in [-0.4, -0.2) is 74.4 Å². The summed E-state index contributed by atoms with van der Waals surface area (Å²) in [4.78, 5) is 0. The van der Waals surface area contributed by atoms with E-state index < -0.39 is 27.6 Å². The van der Waals surface area contributed by atoms with Gasteiger partial charge < -0.3 is 26.6 Å². The summed E-state index contributed by atoms with van der Waals surface area (Å²) in [6.45, 7) is 0. The number of benzene rings is 1. The minimum absolute atomic E-state index is 0.0769. The summed E-state index contributed by atoms with van der Waals surface area (Å²) in [6, 6.07) is 7.13. The van der Waals surface area contributed by atoms with Crippen molar-refractivity contribution in [3.63, 3.8) is 0 Å². The molecular formula is C15H29NO8SSi2. The van der Waals surface area contributed by atoms with Crippen molar-refractivity contribution in [1.29, 1.82) is 0 Å². The lowest BCUT2D eigenvalue weighted by molar-refractivity contribution is 0.123. The maximum Gasteiger partial charge on any atom is 0.536 e. The van der Waals surface area contributed by atoms with E-state index in [0.29, 0.717) is 18.2 Å². The Labute approximate surface area is 163 Å². The molecule has 0 amide bonds.